The Morgan fingerprint density at radius 1 is 1.03 bits per heavy atom. The molecule has 1 fully saturated rings. The van der Waals surface area contributed by atoms with E-state index in [0.29, 0.717) is 17.1 Å². The Morgan fingerprint density at radius 2 is 1.78 bits per heavy atom. The fourth-order valence-electron chi connectivity index (χ4n) is 5.23. The molecule has 6 nitrogen and oxygen atoms in total. The first kappa shape index (κ1) is 24.7. The molecule has 1 aromatic heterocycles. The molecule has 3 aliphatic rings. The largest absolute Gasteiger partial charge is 0.310 e. The van der Waals surface area contributed by atoms with Gasteiger partial charge in [0.2, 0.25) is 0 Å². The van der Waals surface area contributed by atoms with Crippen LogP contribution < -0.4 is 4.90 Å². The molecule has 1 unspecified atom stereocenters. The number of likely N-dealkylation sites (N-methyl/N-ethyl adjacent to an activating group) is 1. The average Bonchev–Trinajstić information content (AvgIpc) is 3.15. The summed E-state index contributed by atoms with van der Waals surface area (Å²) in [5.41, 5.74) is 3.42. The lowest BCUT2D eigenvalue weighted by molar-refractivity contribution is 0.132. The summed E-state index contributed by atoms with van der Waals surface area (Å²) >= 11 is 0. The number of halogens is 2. The third kappa shape index (κ3) is 4.48. The molecule has 0 radical (unpaired) electrons. The molecule has 0 amide bonds. The Kier molecular flexibility index (Phi) is 6.74. The van der Waals surface area contributed by atoms with E-state index in [1.807, 2.05) is 31.3 Å². The summed E-state index contributed by atoms with van der Waals surface area (Å²) in [6.45, 7) is 14.7. The van der Waals surface area contributed by atoms with Gasteiger partial charge in [0.25, 0.3) is 0 Å². The fraction of sp³-hybridized carbons (Fsp3) is 0.464. The number of fused-ring (bicyclic) bond motifs is 1. The third-order valence-corrected chi connectivity index (χ3v) is 8.01. The molecule has 5 rings (SSSR count). The van der Waals surface area contributed by atoms with Gasteiger partial charge in [-0.05, 0) is 49.2 Å². The van der Waals surface area contributed by atoms with Gasteiger partial charge in [0.15, 0.2) is 5.83 Å². The van der Waals surface area contributed by atoms with Crippen molar-refractivity contribution in [1.82, 2.24) is 14.8 Å². The van der Waals surface area contributed by atoms with Gasteiger partial charge < -0.3 is 9.80 Å². The van der Waals surface area contributed by atoms with Gasteiger partial charge in [-0.15, -0.1) is 0 Å². The van der Waals surface area contributed by atoms with Gasteiger partial charge in [0, 0.05) is 61.8 Å². The summed E-state index contributed by atoms with van der Waals surface area (Å²) in [6, 6.07) is 7.14. The van der Waals surface area contributed by atoms with Crippen molar-refractivity contribution in [3.63, 3.8) is 0 Å². The van der Waals surface area contributed by atoms with Gasteiger partial charge in [-0.2, -0.15) is 0 Å². The van der Waals surface area contributed by atoms with Crippen LogP contribution in [0, 0.1) is 5.82 Å². The molecule has 0 saturated carbocycles. The van der Waals surface area contributed by atoms with Crippen molar-refractivity contribution in [2.75, 3.05) is 44.3 Å². The number of anilines is 1. The van der Waals surface area contributed by atoms with Gasteiger partial charge in [0.05, 0.1) is 0 Å². The van der Waals surface area contributed by atoms with E-state index in [-0.39, 0.29) is 17.8 Å². The molecule has 4 heterocycles. The molecule has 0 aliphatic carbocycles. The van der Waals surface area contributed by atoms with Crippen molar-refractivity contribution in [3.8, 4) is 0 Å². The molecular formula is C28H34F2N6. The number of allylic oxidation sites excluding steroid dienone is 1. The van der Waals surface area contributed by atoms with Crippen molar-refractivity contribution < 1.29 is 8.78 Å². The van der Waals surface area contributed by atoms with Crippen molar-refractivity contribution in [3.05, 3.63) is 65.0 Å². The molecule has 0 spiro atoms. The highest BCUT2D eigenvalue weighted by Crippen LogP contribution is 2.44. The van der Waals surface area contributed by atoms with E-state index < -0.39 is 11.6 Å². The van der Waals surface area contributed by atoms with E-state index in [9.17, 15) is 4.39 Å². The Balaban J connectivity index is 1.29. The molecule has 8 heteroatoms. The summed E-state index contributed by atoms with van der Waals surface area (Å²) in [5.74, 6) is -0.311. The number of nitrogens with zero attached hydrogens (tertiary/aromatic N) is 6. The second-order valence-corrected chi connectivity index (χ2v) is 10.1. The lowest BCUT2D eigenvalue weighted by atomic mass is 9.77. The smallest absolute Gasteiger partial charge is 0.165 e. The quantitative estimate of drug-likeness (QED) is 0.556. The first-order valence-electron chi connectivity index (χ1n) is 12.8. The number of aliphatic imine (C=N–C) groups is 2. The first-order valence-corrected chi connectivity index (χ1v) is 12.8. The average molecular weight is 493 g/mol. The second kappa shape index (κ2) is 9.82. The maximum absolute atomic E-state index is 15.3. The van der Waals surface area contributed by atoms with Crippen molar-refractivity contribution >= 4 is 22.9 Å². The predicted octanol–water partition coefficient (Wildman–Crippen LogP) is 5.21. The van der Waals surface area contributed by atoms with E-state index in [4.69, 9.17) is 0 Å². The highest BCUT2D eigenvalue weighted by atomic mass is 19.1. The van der Waals surface area contributed by atoms with E-state index in [1.54, 1.807) is 4.90 Å². The van der Waals surface area contributed by atoms with Gasteiger partial charge in [-0.1, -0.05) is 26.8 Å². The Morgan fingerprint density at radius 3 is 2.42 bits per heavy atom. The topological polar surface area (TPSA) is 47.3 Å². The maximum Gasteiger partial charge on any atom is 0.165 e. The van der Waals surface area contributed by atoms with Crippen LogP contribution in [0.3, 0.4) is 0 Å². The SMILES string of the molecule is CCN1CCN(Cc2ccc(N3C=C(F)C(c4cc(F)c5c(c4)C(C)(CC)C(C)=N5)=NC3)nc2)CC1. The van der Waals surface area contributed by atoms with Gasteiger partial charge in [0.1, 0.15) is 29.7 Å². The standard InChI is InChI=1S/C28H34F2N6/c1-5-28(4)19(3)33-27-22(28)13-21(14-23(27)29)26-24(30)17-36(18-32-26)25-8-7-20(15-31-25)16-35-11-9-34(6-2)10-12-35/h7-8,13-15,17H,5-6,9-12,16,18H2,1-4H3. The molecule has 0 bridgehead atoms. The number of rotatable bonds is 6. The Hall–Kier alpha value is -2.97. The summed E-state index contributed by atoms with van der Waals surface area (Å²) in [5, 5.41) is 0. The van der Waals surface area contributed by atoms with Crippen LogP contribution in [0.15, 0.2) is 52.5 Å². The summed E-state index contributed by atoms with van der Waals surface area (Å²) < 4.78 is 30.2. The van der Waals surface area contributed by atoms with Crippen molar-refractivity contribution in [2.24, 2.45) is 9.98 Å². The maximum atomic E-state index is 15.3. The third-order valence-electron chi connectivity index (χ3n) is 8.01. The Labute approximate surface area is 212 Å². The summed E-state index contributed by atoms with van der Waals surface area (Å²) in [6.07, 6.45) is 4.05. The molecule has 1 atom stereocenters. The van der Waals surface area contributed by atoms with E-state index in [1.165, 1.54) is 12.3 Å². The summed E-state index contributed by atoms with van der Waals surface area (Å²) in [4.78, 5) is 20.1. The predicted molar refractivity (Wildman–Crippen MR) is 142 cm³/mol. The van der Waals surface area contributed by atoms with Crippen molar-refractivity contribution in [1.29, 1.82) is 0 Å². The highest BCUT2D eigenvalue weighted by Gasteiger charge is 2.37. The van der Waals surface area contributed by atoms with Crippen LogP contribution in [0.1, 0.15) is 50.8 Å². The van der Waals surface area contributed by atoms with Crippen LogP contribution >= 0.6 is 0 Å². The zero-order valence-electron chi connectivity index (χ0n) is 21.6. The molecule has 36 heavy (non-hydrogen) atoms. The van der Waals surface area contributed by atoms with Crippen LogP contribution in [0.4, 0.5) is 20.3 Å². The molecular weight excluding hydrogens is 458 g/mol. The minimum absolute atomic E-state index is 0.166. The van der Waals surface area contributed by atoms with E-state index in [2.05, 4.69) is 45.5 Å². The lowest BCUT2D eigenvalue weighted by Crippen LogP contribution is -2.45. The number of hydrogen-bond acceptors (Lipinski definition) is 6. The van der Waals surface area contributed by atoms with Crippen molar-refractivity contribution in [2.45, 2.75) is 46.1 Å². The molecule has 0 N–H and O–H groups in total. The molecule has 2 aromatic rings. The van der Waals surface area contributed by atoms with Crippen LogP contribution in [0.5, 0.6) is 0 Å². The van der Waals surface area contributed by atoms with Crippen LogP contribution in [0.2, 0.25) is 0 Å². The normalized spacial score (nSPS) is 22.8. The fourth-order valence-corrected chi connectivity index (χ4v) is 5.23. The van der Waals surface area contributed by atoms with E-state index >= 15 is 4.39 Å². The molecule has 190 valence electrons. The van der Waals surface area contributed by atoms with Crippen LogP contribution in [-0.2, 0) is 12.0 Å². The highest BCUT2D eigenvalue weighted by molar-refractivity contribution is 6.13. The van der Waals surface area contributed by atoms with Crippen LogP contribution in [0.25, 0.3) is 0 Å². The Bertz CT molecular complexity index is 1230. The van der Waals surface area contributed by atoms with Gasteiger partial charge in [-0.3, -0.25) is 14.9 Å². The number of hydrogen-bond donors (Lipinski definition) is 0. The zero-order chi connectivity index (χ0) is 25.4. The number of pyridine rings is 1. The first-order chi connectivity index (χ1) is 17.3. The second-order valence-electron chi connectivity index (χ2n) is 10.1. The van der Waals surface area contributed by atoms with Gasteiger partial charge >= 0.3 is 0 Å². The minimum Gasteiger partial charge on any atom is -0.310 e. The minimum atomic E-state index is -0.505. The number of aromatic nitrogens is 1. The molecule has 3 aliphatic heterocycles. The van der Waals surface area contributed by atoms with Crippen LogP contribution in [-0.4, -0.2) is 65.6 Å². The zero-order valence-corrected chi connectivity index (χ0v) is 21.6. The number of benzene rings is 1. The molecule has 1 aromatic carbocycles. The summed E-state index contributed by atoms with van der Waals surface area (Å²) in [7, 11) is 0. The molecule has 1 saturated heterocycles. The lowest BCUT2D eigenvalue weighted by Gasteiger charge is -2.34. The number of piperazine rings is 1. The monoisotopic (exact) mass is 492 g/mol. The van der Waals surface area contributed by atoms with E-state index in [0.717, 1.165) is 62.5 Å². The van der Waals surface area contributed by atoms with Gasteiger partial charge in [-0.25, -0.2) is 13.8 Å².